The first-order valence-electron chi connectivity index (χ1n) is 7.92. The van der Waals surface area contributed by atoms with Crippen LogP contribution in [0.4, 0.5) is 5.82 Å². The first-order valence-corrected chi connectivity index (χ1v) is 8.30. The molecule has 6 heteroatoms. The highest BCUT2D eigenvalue weighted by molar-refractivity contribution is 6.33. The molecule has 3 rings (SSSR count). The van der Waals surface area contributed by atoms with Gasteiger partial charge < -0.3 is 15.4 Å². The van der Waals surface area contributed by atoms with Crippen LogP contribution in [0.5, 0.6) is 5.75 Å². The van der Waals surface area contributed by atoms with E-state index < -0.39 is 5.91 Å². The number of anilines is 1. The molecule has 1 fully saturated rings. The van der Waals surface area contributed by atoms with Crippen molar-refractivity contribution in [2.45, 2.75) is 18.8 Å². The molecule has 1 aliphatic rings. The Kier molecular flexibility index (Phi) is 4.90. The number of hydrogen-bond acceptors (Lipinski definition) is 4. The van der Waals surface area contributed by atoms with Crippen molar-refractivity contribution in [3.8, 4) is 5.75 Å². The molecule has 2 N–H and O–H groups in total. The Bertz CT molecular complexity index is 743. The SMILES string of the molecule is COc1cccc(C2CCN(c3ncc(C(N)=O)cc3Cl)CC2)c1. The van der Waals surface area contributed by atoms with Gasteiger partial charge in [-0.1, -0.05) is 23.7 Å². The van der Waals surface area contributed by atoms with Crippen LogP contribution < -0.4 is 15.4 Å². The number of carbonyl (C=O) groups excluding carboxylic acids is 1. The number of aromatic nitrogens is 1. The molecule has 1 saturated heterocycles. The molecule has 24 heavy (non-hydrogen) atoms. The Labute approximate surface area is 146 Å². The molecule has 1 aliphatic heterocycles. The summed E-state index contributed by atoms with van der Waals surface area (Å²) in [5, 5.41) is 0.464. The molecule has 1 amide bonds. The molecule has 0 atom stereocenters. The Morgan fingerprint density at radius 1 is 1.33 bits per heavy atom. The van der Waals surface area contributed by atoms with E-state index in [0.717, 1.165) is 31.7 Å². The van der Waals surface area contributed by atoms with E-state index in [1.807, 2.05) is 12.1 Å². The number of rotatable bonds is 4. The molecule has 0 unspecified atom stereocenters. The minimum absolute atomic E-state index is 0.329. The maximum absolute atomic E-state index is 11.2. The third-order valence-electron chi connectivity index (χ3n) is 4.47. The van der Waals surface area contributed by atoms with Gasteiger partial charge in [-0.05, 0) is 42.5 Å². The van der Waals surface area contributed by atoms with Crippen molar-refractivity contribution in [3.63, 3.8) is 0 Å². The third kappa shape index (κ3) is 3.46. The number of primary amides is 1. The molecule has 0 radical (unpaired) electrons. The highest BCUT2D eigenvalue weighted by atomic mass is 35.5. The van der Waals surface area contributed by atoms with E-state index >= 15 is 0 Å². The lowest BCUT2D eigenvalue weighted by Crippen LogP contribution is -2.33. The molecule has 126 valence electrons. The summed E-state index contributed by atoms with van der Waals surface area (Å²) in [7, 11) is 1.69. The normalized spacial score (nSPS) is 15.3. The molecule has 5 nitrogen and oxygen atoms in total. The van der Waals surface area contributed by atoms with Crippen LogP contribution >= 0.6 is 11.6 Å². The topological polar surface area (TPSA) is 68.4 Å². The van der Waals surface area contributed by atoms with Gasteiger partial charge in [0.25, 0.3) is 0 Å². The monoisotopic (exact) mass is 345 g/mol. The number of benzene rings is 1. The van der Waals surface area contributed by atoms with Gasteiger partial charge in [0, 0.05) is 19.3 Å². The van der Waals surface area contributed by atoms with Crippen molar-refractivity contribution in [2.24, 2.45) is 5.73 Å². The molecule has 0 spiro atoms. The van der Waals surface area contributed by atoms with Crippen molar-refractivity contribution in [3.05, 3.63) is 52.7 Å². The molecule has 0 bridgehead atoms. The predicted molar refractivity (Wildman–Crippen MR) is 94.9 cm³/mol. The summed E-state index contributed by atoms with van der Waals surface area (Å²) in [6.07, 6.45) is 3.52. The molecule has 1 aromatic heterocycles. The first-order chi connectivity index (χ1) is 11.6. The molecule has 0 saturated carbocycles. The van der Waals surface area contributed by atoms with Crippen molar-refractivity contribution in [1.82, 2.24) is 4.98 Å². The number of nitrogens with two attached hydrogens (primary N) is 1. The maximum atomic E-state index is 11.2. The average Bonchev–Trinajstić information content (AvgIpc) is 2.62. The maximum Gasteiger partial charge on any atom is 0.250 e. The molecular formula is C18H20ClN3O2. The van der Waals surface area contributed by atoms with E-state index in [4.69, 9.17) is 22.1 Å². The fraction of sp³-hybridized carbons (Fsp3) is 0.333. The Morgan fingerprint density at radius 3 is 2.71 bits per heavy atom. The van der Waals surface area contributed by atoms with Crippen molar-refractivity contribution in [2.75, 3.05) is 25.1 Å². The number of hydrogen-bond donors (Lipinski definition) is 1. The van der Waals surface area contributed by atoms with Gasteiger partial charge in [-0.25, -0.2) is 4.98 Å². The van der Waals surface area contributed by atoms with Crippen LogP contribution in [0.1, 0.15) is 34.7 Å². The Morgan fingerprint density at radius 2 is 2.08 bits per heavy atom. The van der Waals surface area contributed by atoms with Gasteiger partial charge in [-0.3, -0.25) is 4.79 Å². The number of nitrogens with zero attached hydrogens (tertiary/aromatic N) is 2. The van der Waals surface area contributed by atoms with Crippen molar-refractivity contribution in [1.29, 1.82) is 0 Å². The minimum atomic E-state index is -0.521. The van der Waals surface area contributed by atoms with Gasteiger partial charge >= 0.3 is 0 Å². The summed E-state index contributed by atoms with van der Waals surface area (Å²) < 4.78 is 5.31. The number of piperidine rings is 1. The number of amides is 1. The predicted octanol–water partition coefficient (Wildman–Crippen LogP) is 3.23. The zero-order valence-corrected chi connectivity index (χ0v) is 14.3. The molecular weight excluding hydrogens is 326 g/mol. The fourth-order valence-corrected chi connectivity index (χ4v) is 3.40. The van der Waals surface area contributed by atoms with E-state index in [-0.39, 0.29) is 0 Å². The van der Waals surface area contributed by atoms with Crippen molar-refractivity contribution >= 4 is 23.3 Å². The zero-order chi connectivity index (χ0) is 17.1. The van der Waals surface area contributed by atoms with Gasteiger partial charge in [0.05, 0.1) is 17.7 Å². The number of pyridine rings is 1. The van der Waals surface area contributed by atoms with Crippen LogP contribution in [0, 0.1) is 0 Å². The van der Waals surface area contributed by atoms with Crippen LogP contribution in [0.25, 0.3) is 0 Å². The highest BCUT2D eigenvalue weighted by Crippen LogP contribution is 2.33. The zero-order valence-electron chi connectivity index (χ0n) is 13.5. The van der Waals surface area contributed by atoms with E-state index in [9.17, 15) is 4.79 Å². The van der Waals surface area contributed by atoms with Gasteiger partial charge in [-0.15, -0.1) is 0 Å². The number of ether oxygens (including phenoxy) is 1. The second-order valence-corrected chi connectivity index (χ2v) is 6.34. The van der Waals surface area contributed by atoms with E-state index in [2.05, 4.69) is 22.0 Å². The number of halogens is 1. The molecule has 2 aromatic rings. The van der Waals surface area contributed by atoms with Crippen LogP contribution in [0.2, 0.25) is 5.02 Å². The Hall–Kier alpha value is -2.27. The van der Waals surface area contributed by atoms with Crippen LogP contribution in [0.15, 0.2) is 36.5 Å². The van der Waals surface area contributed by atoms with Gasteiger partial charge in [-0.2, -0.15) is 0 Å². The highest BCUT2D eigenvalue weighted by Gasteiger charge is 2.23. The average molecular weight is 346 g/mol. The molecule has 0 aliphatic carbocycles. The van der Waals surface area contributed by atoms with Gasteiger partial charge in [0.15, 0.2) is 0 Å². The summed E-state index contributed by atoms with van der Waals surface area (Å²) >= 11 is 6.27. The van der Waals surface area contributed by atoms with Crippen LogP contribution in [-0.2, 0) is 0 Å². The van der Waals surface area contributed by atoms with E-state index in [1.165, 1.54) is 11.8 Å². The summed E-state index contributed by atoms with van der Waals surface area (Å²) in [5.41, 5.74) is 6.89. The third-order valence-corrected chi connectivity index (χ3v) is 4.74. The standard InChI is InChI=1S/C18H20ClN3O2/c1-24-15-4-2-3-13(9-15)12-5-7-22(8-6-12)18-16(19)10-14(11-21-18)17(20)23/h2-4,9-12H,5-8H2,1H3,(H2,20,23). The second kappa shape index (κ2) is 7.09. The van der Waals surface area contributed by atoms with Gasteiger partial charge in [0.2, 0.25) is 5.91 Å². The lowest BCUT2D eigenvalue weighted by Gasteiger charge is -2.33. The smallest absolute Gasteiger partial charge is 0.250 e. The molecule has 2 heterocycles. The largest absolute Gasteiger partial charge is 0.497 e. The van der Waals surface area contributed by atoms with Crippen molar-refractivity contribution < 1.29 is 9.53 Å². The summed E-state index contributed by atoms with van der Waals surface area (Å²) in [4.78, 5) is 17.7. The van der Waals surface area contributed by atoms with Crippen LogP contribution in [-0.4, -0.2) is 31.1 Å². The summed E-state index contributed by atoms with van der Waals surface area (Å²) in [6, 6.07) is 9.83. The second-order valence-electron chi connectivity index (χ2n) is 5.93. The lowest BCUT2D eigenvalue weighted by atomic mass is 9.89. The summed E-state index contributed by atoms with van der Waals surface area (Å²) in [6.45, 7) is 1.73. The minimum Gasteiger partial charge on any atom is -0.497 e. The molecule has 1 aromatic carbocycles. The van der Waals surface area contributed by atoms with Crippen LogP contribution in [0.3, 0.4) is 0 Å². The fourth-order valence-electron chi connectivity index (χ4n) is 3.12. The summed E-state index contributed by atoms with van der Waals surface area (Å²) in [5.74, 6) is 1.58. The Balaban J connectivity index is 1.69. The number of methoxy groups -OCH3 is 1. The van der Waals surface area contributed by atoms with Gasteiger partial charge in [0.1, 0.15) is 11.6 Å². The quantitative estimate of drug-likeness (QED) is 0.923. The van der Waals surface area contributed by atoms with E-state index in [1.54, 1.807) is 13.2 Å². The number of carbonyl (C=O) groups is 1. The lowest BCUT2D eigenvalue weighted by molar-refractivity contribution is 0.1000. The first kappa shape index (κ1) is 16.6. The van der Waals surface area contributed by atoms with E-state index in [0.29, 0.717) is 22.3 Å².